The lowest BCUT2D eigenvalue weighted by atomic mass is 10.1. The van der Waals surface area contributed by atoms with Gasteiger partial charge in [-0.15, -0.1) is 0 Å². The van der Waals surface area contributed by atoms with E-state index < -0.39 is 10.0 Å². The van der Waals surface area contributed by atoms with E-state index in [0.717, 1.165) is 19.3 Å². The Morgan fingerprint density at radius 3 is 2.54 bits per heavy atom. The number of guanidine groups is 1. The van der Waals surface area contributed by atoms with Crippen LogP contribution in [-0.2, 0) is 19.6 Å². The van der Waals surface area contributed by atoms with Crippen LogP contribution < -0.4 is 20.7 Å². The Bertz CT molecular complexity index is 566. The average molecular weight is 392 g/mol. The highest BCUT2D eigenvalue weighted by Crippen LogP contribution is 2.11. The van der Waals surface area contributed by atoms with Crippen LogP contribution in [-0.4, -0.2) is 71.0 Å². The van der Waals surface area contributed by atoms with Crippen LogP contribution in [0.3, 0.4) is 0 Å². The summed E-state index contributed by atoms with van der Waals surface area (Å²) in [6, 6.07) is 0. The summed E-state index contributed by atoms with van der Waals surface area (Å²) in [7, 11) is -1.84. The summed E-state index contributed by atoms with van der Waals surface area (Å²) in [4.78, 5) is 15.7. The van der Waals surface area contributed by atoms with E-state index >= 15 is 0 Å². The molecule has 0 radical (unpaired) electrons. The lowest BCUT2D eigenvalue weighted by Gasteiger charge is -2.22. The predicted octanol–water partition coefficient (Wildman–Crippen LogP) is -0.445. The summed E-state index contributed by atoms with van der Waals surface area (Å²) in [5.74, 6) is 0.122. The maximum absolute atomic E-state index is 12.0. The molecule has 0 saturated carbocycles. The number of hydrogen-bond donors (Lipinski definition) is 4. The van der Waals surface area contributed by atoms with Crippen molar-refractivity contribution in [2.24, 2.45) is 4.99 Å². The van der Waals surface area contributed by atoms with E-state index in [2.05, 4.69) is 25.7 Å². The van der Waals surface area contributed by atoms with Gasteiger partial charge in [-0.25, -0.2) is 13.1 Å². The number of sulfonamides is 1. The van der Waals surface area contributed by atoms with Gasteiger partial charge in [0.25, 0.3) is 0 Å². The molecule has 9 nitrogen and oxygen atoms in total. The van der Waals surface area contributed by atoms with E-state index in [0.29, 0.717) is 19.1 Å². The largest absolute Gasteiger partial charge is 0.377 e. The zero-order chi connectivity index (χ0) is 19.6. The smallest absolute Gasteiger partial charge is 0.239 e. The van der Waals surface area contributed by atoms with Crippen molar-refractivity contribution in [1.82, 2.24) is 20.7 Å². The van der Waals surface area contributed by atoms with Crippen molar-refractivity contribution in [3.05, 3.63) is 0 Å². The van der Waals surface area contributed by atoms with E-state index in [4.69, 9.17) is 4.74 Å². The van der Waals surface area contributed by atoms with Crippen molar-refractivity contribution in [2.45, 2.75) is 51.7 Å². The van der Waals surface area contributed by atoms with Gasteiger partial charge in [0.2, 0.25) is 15.9 Å². The molecule has 1 atom stereocenters. The minimum atomic E-state index is -3.39. The molecule has 4 N–H and O–H groups in total. The van der Waals surface area contributed by atoms with Crippen molar-refractivity contribution in [3.8, 4) is 0 Å². The van der Waals surface area contributed by atoms with Crippen LogP contribution in [0.25, 0.3) is 0 Å². The summed E-state index contributed by atoms with van der Waals surface area (Å²) in [5, 5.41) is 8.57. The van der Waals surface area contributed by atoms with Crippen LogP contribution in [0.15, 0.2) is 4.99 Å². The van der Waals surface area contributed by atoms with Crippen LogP contribution in [0, 0.1) is 0 Å². The SMILES string of the molecule is CN=C(NCCS(=O)(=O)NCC1CCCCO1)NCC(=O)NC(C)(C)C. The molecule has 0 aromatic rings. The van der Waals surface area contributed by atoms with Crippen LogP contribution in [0.2, 0.25) is 0 Å². The molecule has 0 aromatic heterocycles. The van der Waals surface area contributed by atoms with Crippen molar-refractivity contribution >= 4 is 21.9 Å². The summed E-state index contributed by atoms with van der Waals surface area (Å²) in [6.07, 6.45) is 2.95. The maximum atomic E-state index is 12.0. The molecule has 1 unspecified atom stereocenters. The summed E-state index contributed by atoms with van der Waals surface area (Å²) in [5.41, 5.74) is -0.308. The fraction of sp³-hybridized carbons (Fsp3) is 0.875. The quantitative estimate of drug-likeness (QED) is 0.329. The lowest BCUT2D eigenvalue weighted by Crippen LogP contribution is -2.49. The third kappa shape index (κ3) is 10.6. The van der Waals surface area contributed by atoms with Crippen molar-refractivity contribution in [2.75, 3.05) is 39.0 Å². The van der Waals surface area contributed by atoms with E-state index in [-0.39, 0.29) is 36.4 Å². The molecule has 1 amide bonds. The highest BCUT2D eigenvalue weighted by molar-refractivity contribution is 7.89. The Morgan fingerprint density at radius 2 is 1.96 bits per heavy atom. The van der Waals surface area contributed by atoms with Crippen molar-refractivity contribution in [1.29, 1.82) is 0 Å². The molecule has 152 valence electrons. The Kier molecular flexibility index (Phi) is 9.31. The molecule has 1 rings (SSSR count). The fourth-order valence-corrected chi connectivity index (χ4v) is 3.37. The first-order valence-corrected chi connectivity index (χ1v) is 10.6. The van der Waals surface area contributed by atoms with Gasteiger partial charge in [0.05, 0.1) is 18.4 Å². The fourth-order valence-electron chi connectivity index (χ4n) is 2.41. The van der Waals surface area contributed by atoms with Gasteiger partial charge in [-0.1, -0.05) is 0 Å². The molecule has 10 heteroatoms. The molecule has 0 bridgehead atoms. The van der Waals surface area contributed by atoms with Crippen molar-refractivity contribution < 1.29 is 17.9 Å². The number of rotatable bonds is 8. The number of carbonyl (C=O) groups is 1. The third-order valence-corrected chi connectivity index (χ3v) is 4.97. The maximum Gasteiger partial charge on any atom is 0.239 e. The molecule has 0 aliphatic carbocycles. The Labute approximate surface area is 156 Å². The zero-order valence-electron chi connectivity index (χ0n) is 16.2. The second-order valence-corrected chi connectivity index (χ2v) is 9.23. The van der Waals surface area contributed by atoms with Gasteiger partial charge in [0.1, 0.15) is 0 Å². The van der Waals surface area contributed by atoms with Crippen LogP contribution in [0.1, 0.15) is 40.0 Å². The van der Waals surface area contributed by atoms with Gasteiger partial charge >= 0.3 is 0 Å². The molecule has 1 heterocycles. The Morgan fingerprint density at radius 1 is 1.23 bits per heavy atom. The summed E-state index contributed by atoms with van der Waals surface area (Å²) in [6.45, 7) is 6.93. The molecule has 0 spiro atoms. The minimum Gasteiger partial charge on any atom is -0.377 e. The topological polar surface area (TPSA) is 121 Å². The van der Waals surface area contributed by atoms with Gasteiger partial charge in [-0.05, 0) is 40.0 Å². The first kappa shape index (κ1) is 22.7. The lowest BCUT2D eigenvalue weighted by molar-refractivity contribution is -0.121. The zero-order valence-corrected chi connectivity index (χ0v) is 17.0. The monoisotopic (exact) mass is 391 g/mol. The summed E-state index contributed by atoms with van der Waals surface area (Å²) >= 11 is 0. The molecule has 0 aromatic carbocycles. The van der Waals surface area contributed by atoms with Crippen LogP contribution in [0.5, 0.6) is 0 Å². The van der Waals surface area contributed by atoms with E-state index in [9.17, 15) is 13.2 Å². The molecule has 1 saturated heterocycles. The first-order chi connectivity index (χ1) is 12.1. The van der Waals surface area contributed by atoms with Gasteiger partial charge in [0, 0.05) is 32.3 Å². The van der Waals surface area contributed by atoms with Gasteiger partial charge in [-0.2, -0.15) is 0 Å². The molecule has 1 fully saturated rings. The second kappa shape index (κ2) is 10.7. The standard InChI is InChI=1S/C16H33N5O4S/c1-16(2,3)21-14(22)12-19-15(17-4)18-8-10-26(23,24)20-11-13-7-5-6-9-25-13/h13,20H,5-12H2,1-4H3,(H,21,22)(H2,17,18,19). The Hall–Kier alpha value is -1.39. The van der Waals surface area contributed by atoms with Gasteiger partial charge < -0.3 is 20.7 Å². The number of nitrogens with zero attached hydrogens (tertiary/aromatic N) is 1. The predicted molar refractivity (Wildman–Crippen MR) is 103 cm³/mol. The Balaban J connectivity index is 2.26. The number of nitrogens with one attached hydrogen (secondary N) is 4. The number of hydrogen-bond acceptors (Lipinski definition) is 5. The normalized spacial score (nSPS) is 19.1. The van der Waals surface area contributed by atoms with Gasteiger partial charge in [-0.3, -0.25) is 9.79 Å². The second-order valence-electron chi connectivity index (χ2n) is 7.31. The van der Waals surface area contributed by atoms with E-state index in [1.807, 2.05) is 20.8 Å². The average Bonchev–Trinajstić information content (AvgIpc) is 2.55. The number of ether oxygens (including phenoxy) is 1. The number of amides is 1. The molecule has 1 aliphatic heterocycles. The molecule has 1 aliphatic rings. The van der Waals surface area contributed by atoms with Crippen molar-refractivity contribution in [3.63, 3.8) is 0 Å². The third-order valence-electron chi connectivity index (χ3n) is 3.62. The summed E-state index contributed by atoms with van der Waals surface area (Å²) < 4.78 is 32.2. The minimum absolute atomic E-state index is 0.0396. The van der Waals surface area contributed by atoms with Crippen LogP contribution in [0.4, 0.5) is 0 Å². The van der Waals surface area contributed by atoms with E-state index in [1.165, 1.54) is 0 Å². The van der Waals surface area contributed by atoms with Gasteiger partial charge in [0.15, 0.2) is 5.96 Å². The number of aliphatic imine (C=N–C) groups is 1. The highest BCUT2D eigenvalue weighted by atomic mass is 32.2. The number of carbonyl (C=O) groups excluding carboxylic acids is 1. The van der Waals surface area contributed by atoms with E-state index in [1.54, 1.807) is 7.05 Å². The molecular formula is C16H33N5O4S. The van der Waals surface area contributed by atoms with Crippen LogP contribution >= 0.6 is 0 Å². The molecule has 26 heavy (non-hydrogen) atoms. The first-order valence-electron chi connectivity index (χ1n) is 8.96. The highest BCUT2D eigenvalue weighted by Gasteiger charge is 2.18. The molecular weight excluding hydrogens is 358 g/mol.